The normalized spacial score (nSPS) is 21.6. The highest BCUT2D eigenvalue weighted by Gasteiger charge is 2.32. The lowest BCUT2D eigenvalue weighted by Gasteiger charge is -2.27. The van der Waals surface area contributed by atoms with Gasteiger partial charge in [0.1, 0.15) is 0 Å². The maximum atomic E-state index is 7.32. The first-order valence-corrected chi connectivity index (χ1v) is 11.8. The number of hydrogen-bond acceptors (Lipinski definition) is 2. The Balaban J connectivity index is 0.00000101. The van der Waals surface area contributed by atoms with Crippen molar-refractivity contribution in [2.45, 2.75) is 75.2 Å². The van der Waals surface area contributed by atoms with Crippen LogP contribution in [0.5, 0.6) is 0 Å². The monoisotopic (exact) mass is 444 g/mol. The first-order valence-electron chi connectivity index (χ1n) is 10.9. The van der Waals surface area contributed by atoms with Crippen molar-refractivity contribution >= 4 is 23.2 Å². The number of aryl methyl sites for hydroxylation is 1. The molecule has 0 radical (unpaired) electrons. The summed E-state index contributed by atoms with van der Waals surface area (Å²) >= 11 is 12.6. The molecule has 1 aliphatic carbocycles. The largest absolute Gasteiger partial charge is 0.299 e. The van der Waals surface area contributed by atoms with Crippen LogP contribution in [0.1, 0.15) is 62.1 Å². The maximum absolute atomic E-state index is 7.32. The molecular formula is C26H34Cl2N2. The molecule has 2 nitrogen and oxygen atoms in total. The molecule has 1 fully saturated rings. The Hall–Kier alpha value is -1.53. The molecule has 2 aromatic carbocycles. The number of alkyl halides is 2. The van der Waals surface area contributed by atoms with E-state index in [9.17, 15) is 0 Å². The van der Waals surface area contributed by atoms with Gasteiger partial charge in [-0.2, -0.15) is 5.26 Å². The van der Waals surface area contributed by atoms with E-state index in [4.69, 9.17) is 28.5 Å². The van der Waals surface area contributed by atoms with Crippen LogP contribution in [0.2, 0.25) is 0 Å². The molecule has 3 atom stereocenters. The van der Waals surface area contributed by atoms with Gasteiger partial charge in [0.25, 0.3) is 0 Å². The van der Waals surface area contributed by atoms with Crippen molar-refractivity contribution in [1.29, 1.82) is 5.26 Å². The van der Waals surface area contributed by atoms with Crippen LogP contribution in [-0.4, -0.2) is 28.7 Å². The van der Waals surface area contributed by atoms with E-state index in [0.29, 0.717) is 12.0 Å². The minimum atomic E-state index is 0.113. The molecule has 0 spiro atoms. The van der Waals surface area contributed by atoms with Crippen LogP contribution in [0.3, 0.4) is 0 Å². The van der Waals surface area contributed by atoms with Crippen LogP contribution in [0.4, 0.5) is 0 Å². The Morgan fingerprint density at radius 3 is 2.10 bits per heavy atom. The molecule has 162 valence electrons. The quantitative estimate of drug-likeness (QED) is 0.404. The summed E-state index contributed by atoms with van der Waals surface area (Å²) in [7, 11) is 2.25. The fourth-order valence-corrected chi connectivity index (χ4v) is 4.87. The lowest BCUT2D eigenvalue weighted by molar-refractivity contribution is 0.216. The lowest BCUT2D eigenvalue weighted by Crippen LogP contribution is -2.31. The number of hydrogen-bond donors (Lipinski definition) is 0. The second-order valence-electron chi connectivity index (χ2n) is 8.17. The van der Waals surface area contributed by atoms with Gasteiger partial charge in [0.05, 0.1) is 16.8 Å². The molecular weight excluding hydrogens is 411 g/mol. The molecule has 0 aliphatic heterocycles. The summed E-state index contributed by atoms with van der Waals surface area (Å²) in [5.41, 5.74) is 4.20. The first kappa shape index (κ1) is 24.7. The molecule has 1 aliphatic rings. The fourth-order valence-electron chi connectivity index (χ4n) is 4.23. The molecule has 3 unspecified atom stereocenters. The van der Waals surface area contributed by atoms with Crippen LogP contribution < -0.4 is 0 Å². The number of benzene rings is 2. The molecule has 4 heteroatoms. The maximum Gasteiger partial charge on any atom is 0.0587 e. The van der Waals surface area contributed by atoms with E-state index < -0.39 is 0 Å². The Morgan fingerprint density at radius 1 is 1.00 bits per heavy atom. The zero-order chi connectivity index (χ0) is 21.9. The number of nitrogens with zero attached hydrogens (tertiary/aromatic N) is 2. The fraction of sp³-hybridized carbons (Fsp3) is 0.500. The van der Waals surface area contributed by atoms with Gasteiger partial charge in [-0.15, -0.1) is 23.2 Å². The summed E-state index contributed by atoms with van der Waals surface area (Å²) < 4.78 is 0. The van der Waals surface area contributed by atoms with Gasteiger partial charge < -0.3 is 0 Å². The van der Waals surface area contributed by atoms with E-state index in [0.717, 1.165) is 25.8 Å². The van der Waals surface area contributed by atoms with Crippen molar-refractivity contribution in [3.05, 3.63) is 71.3 Å². The minimum Gasteiger partial charge on any atom is -0.299 e. The molecule has 0 heterocycles. The summed E-state index contributed by atoms with van der Waals surface area (Å²) in [6, 6.07) is 22.3. The molecule has 2 aromatic rings. The molecule has 3 rings (SSSR count). The smallest absolute Gasteiger partial charge is 0.0587 e. The highest BCUT2D eigenvalue weighted by atomic mass is 35.5. The first-order chi connectivity index (χ1) is 14.5. The Labute approximate surface area is 192 Å². The molecule has 1 saturated carbocycles. The Bertz CT molecular complexity index is 760. The van der Waals surface area contributed by atoms with E-state index >= 15 is 0 Å². The number of nitriles is 1. The standard InChI is InChI=1S/C24H31Cl2N.C2H3N/c1-3-22(27(2)17-19-7-5-4-6-8-19)14-11-18-9-12-20(13-10-18)21-15-23(25)24(26)16-21;1-2-3/h4-10,12-13,21-24H,3,11,14-17H2,1-2H3;1H3. The van der Waals surface area contributed by atoms with Crippen molar-refractivity contribution in [3.63, 3.8) is 0 Å². The predicted octanol–water partition coefficient (Wildman–Crippen LogP) is 7.15. The summed E-state index contributed by atoms with van der Waals surface area (Å²) in [4.78, 5) is 2.49. The highest BCUT2D eigenvalue weighted by molar-refractivity contribution is 6.30. The van der Waals surface area contributed by atoms with Crippen LogP contribution in [-0.2, 0) is 13.0 Å². The van der Waals surface area contributed by atoms with Crippen molar-refractivity contribution in [3.8, 4) is 6.07 Å². The topological polar surface area (TPSA) is 27.0 Å². The second kappa shape index (κ2) is 13.0. The minimum absolute atomic E-state index is 0.113. The van der Waals surface area contributed by atoms with Gasteiger partial charge in [-0.1, -0.05) is 61.5 Å². The third kappa shape index (κ3) is 7.62. The van der Waals surface area contributed by atoms with Gasteiger partial charge in [0.2, 0.25) is 0 Å². The van der Waals surface area contributed by atoms with E-state index in [1.165, 1.54) is 36.5 Å². The van der Waals surface area contributed by atoms with Crippen LogP contribution >= 0.6 is 23.2 Å². The predicted molar refractivity (Wildman–Crippen MR) is 129 cm³/mol. The summed E-state index contributed by atoms with van der Waals surface area (Å²) in [5.74, 6) is 0.518. The Kier molecular flexibility index (Phi) is 10.7. The summed E-state index contributed by atoms with van der Waals surface area (Å²) in [5, 5.41) is 7.55. The van der Waals surface area contributed by atoms with Gasteiger partial charge in [0, 0.05) is 19.5 Å². The molecule has 0 bridgehead atoms. The van der Waals surface area contributed by atoms with Gasteiger partial charge in [0.15, 0.2) is 0 Å². The van der Waals surface area contributed by atoms with Gasteiger partial charge in [-0.3, -0.25) is 4.90 Å². The molecule has 0 aromatic heterocycles. The summed E-state index contributed by atoms with van der Waals surface area (Å²) in [6.07, 6.45) is 5.49. The zero-order valence-electron chi connectivity index (χ0n) is 18.4. The van der Waals surface area contributed by atoms with Crippen molar-refractivity contribution in [1.82, 2.24) is 4.90 Å². The van der Waals surface area contributed by atoms with E-state index in [-0.39, 0.29) is 10.8 Å². The average molecular weight is 445 g/mol. The van der Waals surface area contributed by atoms with Gasteiger partial charge >= 0.3 is 0 Å². The highest BCUT2D eigenvalue weighted by Crippen LogP contribution is 2.40. The molecule has 0 N–H and O–H groups in total. The van der Waals surface area contributed by atoms with E-state index in [1.807, 2.05) is 0 Å². The second-order valence-corrected chi connectivity index (χ2v) is 9.29. The SMILES string of the molecule is CC#N.CCC(CCc1ccc(C2CC(Cl)C(Cl)C2)cc1)N(C)Cc1ccccc1. The van der Waals surface area contributed by atoms with Crippen LogP contribution in [0.15, 0.2) is 54.6 Å². The Morgan fingerprint density at radius 2 is 1.57 bits per heavy atom. The average Bonchev–Trinajstić information content (AvgIpc) is 3.09. The van der Waals surface area contributed by atoms with Gasteiger partial charge in [-0.05, 0) is 61.8 Å². The zero-order valence-corrected chi connectivity index (χ0v) is 19.9. The third-order valence-corrected chi connectivity index (χ3v) is 7.09. The van der Waals surface area contributed by atoms with Crippen molar-refractivity contribution in [2.75, 3.05) is 7.05 Å². The van der Waals surface area contributed by atoms with Crippen molar-refractivity contribution < 1.29 is 0 Å². The number of rotatable bonds is 8. The molecule has 30 heavy (non-hydrogen) atoms. The summed E-state index contributed by atoms with van der Waals surface area (Å²) in [6.45, 7) is 4.74. The molecule has 0 saturated heterocycles. The van der Waals surface area contributed by atoms with Gasteiger partial charge in [-0.25, -0.2) is 0 Å². The van der Waals surface area contributed by atoms with Crippen LogP contribution in [0, 0.1) is 11.3 Å². The van der Waals surface area contributed by atoms with Crippen LogP contribution in [0.25, 0.3) is 0 Å². The number of halogens is 2. The van der Waals surface area contributed by atoms with E-state index in [2.05, 4.69) is 73.5 Å². The molecule has 0 amide bonds. The van der Waals surface area contributed by atoms with Crippen molar-refractivity contribution in [2.24, 2.45) is 0 Å². The van der Waals surface area contributed by atoms with E-state index in [1.54, 1.807) is 6.07 Å². The lowest BCUT2D eigenvalue weighted by atomic mass is 9.95. The third-order valence-electron chi connectivity index (χ3n) is 6.00.